The maximum Gasteiger partial charge on any atom is 0.224 e. The number of benzene rings is 2. The summed E-state index contributed by atoms with van der Waals surface area (Å²) in [6.45, 7) is 4.15. The van der Waals surface area contributed by atoms with Crippen LogP contribution in [0.3, 0.4) is 0 Å². The first-order valence-corrected chi connectivity index (χ1v) is 9.22. The zero-order chi connectivity index (χ0) is 16.9. The molecule has 0 fully saturated rings. The van der Waals surface area contributed by atoms with E-state index in [2.05, 4.69) is 29.4 Å². The molecule has 3 aromatic rings. The predicted octanol–water partition coefficient (Wildman–Crippen LogP) is 5.13. The Morgan fingerprint density at radius 2 is 2.00 bits per heavy atom. The van der Waals surface area contributed by atoms with E-state index < -0.39 is 0 Å². The summed E-state index contributed by atoms with van der Waals surface area (Å²) in [7, 11) is 0. The summed E-state index contributed by atoms with van der Waals surface area (Å²) in [5.74, 6) is 0.0834. The van der Waals surface area contributed by atoms with Gasteiger partial charge in [0.05, 0.1) is 15.2 Å². The van der Waals surface area contributed by atoms with Crippen LogP contribution >= 0.6 is 11.3 Å². The Labute approximate surface area is 146 Å². The fraction of sp³-hybridized carbons (Fsp3) is 0.300. The first kappa shape index (κ1) is 16.7. The summed E-state index contributed by atoms with van der Waals surface area (Å²) in [6, 6.07) is 14.3. The normalized spacial score (nSPS) is 10.9. The molecule has 0 aliphatic carbocycles. The number of fused-ring (bicyclic) bond motifs is 1. The molecule has 0 aliphatic rings. The Hall–Kier alpha value is -2.20. The molecule has 3 rings (SSSR count). The number of anilines is 1. The molecule has 0 spiro atoms. The molecule has 1 heterocycles. The zero-order valence-electron chi connectivity index (χ0n) is 14.1. The fourth-order valence-corrected chi connectivity index (χ4v) is 3.84. The molecule has 1 aromatic heterocycles. The first-order chi connectivity index (χ1) is 11.7. The van der Waals surface area contributed by atoms with Gasteiger partial charge < -0.3 is 5.32 Å². The van der Waals surface area contributed by atoms with Gasteiger partial charge in [-0.3, -0.25) is 4.79 Å². The van der Waals surface area contributed by atoms with Gasteiger partial charge in [-0.25, -0.2) is 4.98 Å². The van der Waals surface area contributed by atoms with Crippen LogP contribution in [0, 0.1) is 6.92 Å². The minimum Gasteiger partial charge on any atom is -0.326 e. The van der Waals surface area contributed by atoms with Gasteiger partial charge in [0.2, 0.25) is 5.91 Å². The number of aromatic nitrogens is 1. The number of amides is 1. The molecule has 0 radical (unpaired) electrons. The van der Waals surface area contributed by atoms with Crippen molar-refractivity contribution in [2.75, 3.05) is 5.32 Å². The average Bonchev–Trinajstić information content (AvgIpc) is 2.99. The van der Waals surface area contributed by atoms with Crippen LogP contribution in [-0.4, -0.2) is 10.9 Å². The van der Waals surface area contributed by atoms with Gasteiger partial charge in [-0.2, -0.15) is 0 Å². The van der Waals surface area contributed by atoms with E-state index in [0.717, 1.165) is 41.0 Å². The minimum atomic E-state index is 0.0834. The number of rotatable bonds is 6. The lowest BCUT2D eigenvalue weighted by Crippen LogP contribution is -2.14. The lowest BCUT2D eigenvalue weighted by molar-refractivity contribution is -0.116. The van der Waals surface area contributed by atoms with E-state index in [4.69, 9.17) is 0 Å². The molecule has 1 amide bonds. The highest BCUT2D eigenvalue weighted by Crippen LogP contribution is 2.24. The molecule has 0 saturated carbocycles. The van der Waals surface area contributed by atoms with Crippen LogP contribution in [0.25, 0.3) is 10.2 Å². The van der Waals surface area contributed by atoms with Crippen LogP contribution in [0.4, 0.5) is 5.69 Å². The van der Waals surface area contributed by atoms with Gasteiger partial charge in [0, 0.05) is 12.1 Å². The van der Waals surface area contributed by atoms with Crippen LogP contribution in [0.2, 0.25) is 0 Å². The number of aryl methyl sites for hydroxylation is 3. The average molecular weight is 338 g/mol. The van der Waals surface area contributed by atoms with Crippen molar-refractivity contribution in [1.82, 2.24) is 4.98 Å². The van der Waals surface area contributed by atoms with Crippen LogP contribution < -0.4 is 5.32 Å². The second-order valence-corrected chi connectivity index (χ2v) is 7.05. The number of carbonyl (C=O) groups excluding carboxylic acids is 1. The Kier molecular flexibility index (Phi) is 5.26. The molecule has 0 atom stereocenters. The second-order valence-electron chi connectivity index (χ2n) is 5.94. The zero-order valence-corrected chi connectivity index (χ0v) is 15.0. The van der Waals surface area contributed by atoms with Crippen LogP contribution in [0.15, 0.2) is 42.5 Å². The highest BCUT2D eigenvalue weighted by Gasteiger charge is 2.09. The molecule has 0 saturated heterocycles. The number of nitrogens with zero attached hydrogens (tertiary/aromatic N) is 1. The monoisotopic (exact) mass is 338 g/mol. The second kappa shape index (κ2) is 7.58. The van der Waals surface area contributed by atoms with Gasteiger partial charge in [0.1, 0.15) is 0 Å². The van der Waals surface area contributed by atoms with Crippen LogP contribution in [0.5, 0.6) is 0 Å². The fourth-order valence-electron chi connectivity index (χ4n) is 2.83. The number of hydrogen-bond donors (Lipinski definition) is 1. The van der Waals surface area contributed by atoms with Gasteiger partial charge in [-0.15, -0.1) is 11.3 Å². The summed E-state index contributed by atoms with van der Waals surface area (Å²) >= 11 is 1.72. The molecule has 124 valence electrons. The van der Waals surface area contributed by atoms with E-state index in [9.17, 15) is 4.79 Å². The van der Waals surface area contributed by atoms with E-state index in [0.29, 0.717) is 6.42 Å². The maximum atomic E-state index is 12.3. The topological polar surface area (TPSA) is 42.0 Å². The predicted molar refractivity (Wildman–Crippen MR) is 102 cm³/mol. The molecule has 2 aromatic carbocycles. The standard InChI is InChI=1S/C20H22N2OS/c1-3-15-9-6-8-14(2)20(15)22-18(23)12-7-13-19-21-16-10-4-5-11-17(16)24-19/h4-6,8-11H,3,7,12-13H2,1-2H3,(H,22,23). The Bertz CT molecular complexity index is 821. The van der Waals surface area contributed by atoms with Gasteiger partial charge in [-0.05, 0) is 49.4 Å². The van der Waals surface area contributed by atoms with Crippen molar-refractivity contribution in [3.8, 4) is 0 Å². The number of para-hydroxylation sites is 2. The SMILES string of the molecule is CCc1cccc(C)c1NC(=O)CCCc1nc2ccccc2s1. The number of hydrogen-bond acceptors (Lipinski definition) is 3. The smallest absolute Gasteiger partial charge is 0.224 e. The molecule has 0 bridgehead atoms. The van der Waals surface area contributed by atoms with Crippen molar-refractivity contribution in [3.05, 3.63) is 58.6 Å². The number of nitrogens with one attached hydrogen (secondary N) is 1. The van der Waals surface area contributed by atoms with E-state index in [1.54, 1.807) is 11.3 Å². The summed E-state index contributed by atoms with van der Waals surface area (Å²) in [5.41, 5.74) is 4.34. The molecular weight excluding hydrogens is 316 g/mol. The molecule has 3 nitrogen and oxygen atoms in total. The third-order valence-corrected chi connectivity index (χ3v) is 5.23. The highest BCUT2D eigenvalue weighted by atomic mass is 32.1. The lowest BCUT2D eigenvalue weighted by atomic mass is 10.1. The minimum absolute atomic E-state index is 0.0834. The Morgan fingerprint density at radius 3 is 2.79 bits per heavy atom. The summed E-state index contributed by atoms with van der Waals surface area (Å²) in [4.78, 5) is 16.9. The van der Waals surface area contributed by atoms with Gasteiger partial charge >= 0.3 is 0 Å². The first-order valence-electron chi connectivity index (χ1n) is 8.40. The molecule has 0 unspecified atom stereocenters. The Morgan fingerprint density at radius 1 is 1.17 bits per heavy atom. The lowest BCUT2D eigenvalue weighted by Gasteiger charge is -2.12. The van der Waals surface area contributed by atoms with E-state index in [1.165, 1.54) is 10.3 Å². The number of carbonyl (C=O) groups is 1. The van der Waals surface area contributed by atoms with Crippen molar-refractivity contribution >= 4 is 33.1 Å². The van der Waals surface area contributed by atoms with Crippen molar-refractivity contribution in [3.63, 3.8) is 0 Å². The summed E-state index contributed by atoms with van der Waals surface area (Å²) in [5, 5.41) is 4.19. The maximum absolute atomic E-state index is 12.3. The van der Waals surface area contributed by atoms with Crippen molar-refractivity contribution in [2.24, 2.45) is 0 Å². The third kappa shape index (κ3) is 3.82. The van der Waals surface area contributed by atoms with Crippen LogP contribution in [0.1, 0.15) is 35.9 Å². The quantitative estimate of drug-likeness (QED) is 0.677. The molecular formula is C20H22N2OS. The largest absolute Gasteiger partial charge is 0.326 e. The van der Waals surface area contributed by atoms with Gasteiger partial charge in [0.15, 0.2) is 0 Å². The van der Waals surface area contributed by atoms with Gasteiger partial charge in [-0.1, -0.05) is 37.3 Å². The molecule has 1 N–H and O–H groups in total. The highest BCUT2D eigenvalue weighted by molar-refractivity contribution is 7.18. The summed E-state index contributed by atoms with van der Waals surface area (Å²) in [6.07, 6.45) is 3.11. The molecule has 4 heteroatoms. The van der Waals surface area contributed by atoms with E-state index in [1.807, 2.05) is 37.3 Å². The Balaban J connectivity index is 1.56. The van der Waals surface area contributed by atoms with Crippen molar-refractivity contribution in [1.29, 1.82) is 0 Å². The van der Waals surface area contributed by atoms with Crippen molar-refractivity contribution in [2.45, 2.75) is 39.5 Å². The van der Waals surface area contributed by atoms with Gasteiger partial charge in [0.25, 0.3) is 0 Å². The van der Waals surface area contributed by atoms with E-state index in [-0.39, 0.29) is 5.91 Å². The molecule has 24 heavy (non-hydrogen) atoms. The third-order valence-electron chi connectivity index (χ3n) is 4.14. The van der Waals surface area contributed by atoms with Crippen LogP contribution in [-0.2, 0) is 17.6 Å². The van der Waals surface area contributed by atoms with E-state index >= 15 is 0 Å². The summed E-state index contributed by atoms with van der Waals surface area (Å²) < 4.78 is 1.21. The number of thiazole rings is 1. The molecule has 0 aliphatic heterocycles. The van der Waals surface area contributed by atoms with Crippen molar-refractivity contribution < 1.29 is 4.79 Å².